The van der Waals surface area contributed by atoms with Crippen molar-refractivity contribution >= 4 is 0 Å². The lowest BCUT2D eigenvalue weighted by Gasteiger charge is -2.50. The number of rotatable bonds is 3. The summed E-state index contributed by atoms with van der Waals surface area (Å²) in [5.41, 5.74) is 0.264. The molecule has 3 fully saturated rings. The Balaban J connectivity index is 1.56. The van der Waals surface area contributed by atoms with Gasteiger partial charge < -0.3 is 14.8 Å². The first-order valence-corrected chi connectivity index (χ1v) is 7.46. The zero-order chi connectivity index (χ0) is 12.4. The van der Waals surface area contributed by atoms with Crippen molar-refractivity contribution in [2.75, 3.05) is 39.9 Å². The van der Waals surface area contributed by atoms with Gasteiger partial charge in [0.2, 0.25) is 0 Å². The summed E-state index contributed by atoms with van der Waals surface area (Å²) in [6.45, 7) is 4.99. The van der Waals surface area contributed by atoms with Crippen molar-refractivity contribution in [3.8, 4) is 0 Å². The highest BCUT2D eigenvalue weighted by atomic mass is 16.5. The van der Waals surface area contributed by atoms with Gasteiger partial charge in [-0.25, -0.2) is 0 Å². The van der Waals surface area contributed by atoms with Crippen molar-refractivity contribution in [3.63, 3.8) is 0 Å². The third-order valence-electron chi connectivity index (χ3n) is 4.85. The van der Waals surface area contributed by atoms with Gasteiger partial charge >= 0.3 is 0 Å². The van der Waals surface area contributed by atoms with Crippen molar-refractivity contribution in [2.24, 2.45) is 0 Å². The molecule has 0 aromatic rings. The van der Waals surface area contributed by atoms with E-state index in [2.05, 4.69) is 10.2 Å². The summed E-state index contributed by atoms with van der Waals surface area (Å²) in [5.74, 6) is 0. The van der Waals surface area contributed by atoms with Crippen LogP contribution in [0.25, 0.3) is 0 Å². The Morgan fingerprint density at radius 2 is 2.22 bits per heavy atom. The number of nitrogens with one attached hydrogen (secondary N) is 1. The molecule has 0 aromatic heterocycles. The third kappa shape index (κ3) is 2.57. The fraction of sp³-hybridized carbons (Fsp3) is 1.00. The average molecular weight is 254 g/mol. The van der Waals surface area contributed by atoms with Gasteiger partial charge in [-0.05, 0) is 39.2 Å². The largest absolute Gasteiger partial charge is 0.375 e. The number of hydrogen-bond acceptors (Lipinski definition) is 4. The first-order chi connectivity index (χ1) is 8.81. The SMILES string of the molecule is CNCC1CN(C2CCOC3(CCC3)C2)CCO1. The van der Waals surface area contributed by atoms with Crippen molar-refractivity contribution in [1.82, 2.24) is 10.2 Å². The smallest absolute Gasteiger partial charge is 0.0826 e. The molecule has 2 unspecified atom stereocenters. The molecule has 3 rings (SSSR count). The fourth-order valence-corrected chi connectivity index (χ4v) is 3.66. The molecule has 2 saturated heterocycles. The van der Waals surface area contributed by atoms with Crippen LogP contribution in [0.1, 0.15) is 32.1 Å². The van der Waals surface area contributed by atoms with E-state index in [9.17, 15) is 0 Å². The van der Waals surface area contributed by atoms with E-state index >= 15 is 0 Å². The molecule has 0 amide bonds. The van der Waals surface area contributed by atoms with Crippen molar-refractivity contribution in [1.29, 1.82) is 0 Å². The molecule has 2 heterocycles. The van der Waals surface area contributed by atoms with Crippen LogP contribution in [-0.2, 0) is 9.47 Å². The van der Waals surface area contributed by atoms with Crippen molar-refractivity contribution in [3.05, 3.63) is 0 Å². The van der Waals surface area contributed by atoms with Crippen molar-refractivity contribution < 1.29 is 9.47 Å². The van der Waals surface area contributed by atoms with Gasteiger partial charge in [0.05, 0.1) is 18.3 Å². The molecule has 1 N–H and O–H groups in total. The van der Waals surface area contributed by atoms with E-state index in [1.54, 1.807) is 0 Å². The number of hydrogen-bond donors (Lipinski definition) is 1. The van der Waals surface area contributed by atoms with Crippen LogP contribution >= 0.6 is 0 Å². The average Bonchev–Trinajstić information content (AvgIpc) is 2.38. The predicted molar refractivity (Wildman–Crippen MR) is 70.8 cm³/mol. The summed E-state index contributed by atoms with van der Waals surface area (Å²) in [7, 11) is 2.00. The van der Waals surface area contributed by atoms with E-state index in [4.69, 9.17) is 9.47 Å². The summed E-state index contributed by atoms with van der Waals surface area (Å²) in [4.78, 5) is 2.65. The van der Waals surface area contributed by atoms with Gasteiger partial charge in [0.1, 0.15) is 0 Å². The second-order valence-corrected chi connectivity index (χ2v) is 6.08. The molecule has 4 nitrogen and oxygen atoms in total. The Morgan fingerprint density at radius 1 is 1.33 bits per heavy atom. The molecule has 0 aromatic carbocycles. The molecule has 1 saturated carbocycles. The highest BCUT2D eigenvalue weighted by molar-refractivity contribution is 4.97. The standard InChI is InChI=1S/C14H26N2O2/c1-15-10-13-11-16(6-8-17-13)12-3-7-18-14(9-12)4-2-5-14/h12-13,15H,2-11H2,1H3. The second kappa shape index (κ2) is 5.45. The maximum absolute atomic E-state index is 6.03. The number of ether oxygens (including phenoxy) is 2. The quantitative estimate of drug-likeness (QED) is 0.815. The van der Waals surface area contributed by atoms with E-state index in [1.807, 2.05) is 7.05 Å². The van der Waals surface area contributed by atoms with Crippen LogP contribution in [0.15, 0.2) is 0 Å². The molecule has 104 valence electrons. The first-order valence-electron chi connectivity index (χ1n) is 7.46. The number of morpholine rings is 1. The second-order valence-electron chi connectivity index (χ2n) is 6.08. The Morgan fingerprint density at radius 3 is 2.94 bits per heavy atom. The maximum Gasteiger partial charge on any atom is 0.0826 e. The van der Waals surface area contributed by atoms with Gasteiger partial charge in [0, 0.05) is 32.3 Å². The van der Waals surface area contributed by atoms with Crippen LogP contribution in [0.5, 0.6) is 0 Å². The molecule has 0 radical (unpaired) electrons. The lowest BCUT2D eigenvalue weighted by molar-refractivity contribution is -0.158. The minimum absolute atomic E-state index is 0.264. The lowest BCUT2D eigenvalue weighted by atomic mass is 9.73. The Hall–Kier alpha value is -0.160. The fourth-order valence-electron chi connectivity index (χ4n) is 3.66. The van der Waals surface area contributed by atoms with Crippen LogP contribution < -0.4 is 5.32 Å². The molecule has 2 atom stereocenters. The molecule has 0 bridgehead atoms. The summed E-state index contributed by atoms with van der Waals surface area (Å²) in [6, 6.07) is 0.724. The molecule has 3 aliphatic rings. The van der Waals surface area contributed by atoms with E-state index in [-0.39, 0.29) is 5.60 Å². The Bertz CT molecular complexity index is 279. The van der Waals surface area contributed by atoms with Crippen LogP contribution in [0.3, 0.4) is 0 Å². The van der Waals surface area contributed by atoms with Crippen LogP contribution in [0.4, 0.5) is 0 Å². The summed E-state index contributed by atoms with van der Waals surface area (Å²) < 4.78 is 11.8. The number of likely N-dealkylation sites (N-methyl/N-ethyl adjacent to an activating group) is 1. The van der Waals surface area contributed by atoms with E-state index in [1.165, 1.54) is 32.1 Å². The van der Waals surface area contributed by atoms with Gasteiger partial charge in [-0.1, -0.05) is 0 Å². The van der Waals surface area contributed by atoms with Gasteiger partial charge in [-0.3, -0.25) is 4.90 Å². The van der Waals surface area contributed by atoms with E-state index < -0.39 is 0 Å². The van der Waals surface area contributed by atoms with Crippen LogP contribution in [0, 0.1) is 0 Å². The summed E-state index contributed by atoms with van der Waals surface area (Å²) >= 11 is 0. The third-order valence-corrected chi connectivity index (χ3v) is 4.85. The van der Waals surface area contributed by atoms with Gasteiger partial charge in [0.25, 0.3) is 0 Å². The van der Waals surface area contributed by atoms with E-state index in [0.717, 1.165) is 38.9 Å². The lowest BCUT2D eigenvalue weighted by Crippen LogP contribution is -2.56. The highest BCUT2D eigenvalue weighted by Crippen LogP contribution is 2.43. The normalized spacial score (nSPS) is 36.5. The topological polar surface area (TPSA) is 33.7 Å². The van der Waals surface area contributed by atoms with Crippen molar-refractivity contribution in [2.45, 2.75) is 49.9 Å². The molecule has 1 spiro atoms. The first kappa shape index (κ1) is 12.9. The van der Waals surface area contributed by atoms with Gasteiger partial charge in [-0.2, -0.15) is 0 Å². The van der Waals surface area contributed by atoms with Gasteiger partial charge in [0.15, 0.2) is 0 Å². The number of nitrogens with zero attached hydrogens (tertiary/aromatic N) is 1. The minimum Gasteiger partial charge on any atom is -0.375 e. The molecule has 1 aliphatic carbocycles. The highest BCUT2D eigenvalue weighted by Gasteiger charge is 2.44. The Kier molecular flexibility index (Phi) is 3.89. The molecular weight excluding hydrogens is 228 g/mol. The molecule has 18 heavy (non-hydrogen) atoms. The van der Waals surface area contributed by atoms with E-state index in [0.29, 0.717) is 6.10 Å². The van der Waals surface area contributed by atoms with Gasteiger partial charge in [-0.15, -0.1) is 0 Å². The zero-order valence-corrected chi connectivity index (χ0v) is 11.5. The zero-order valence-electron chi connectivity index (χ0n) is 11.5. The minimum atomic E-state index is 0.264. The molecular formula is C14H26N2O2. The monoisotopic (exact) mass is 254 g/mol. The Labute approximate surface area is 110 Å². The summed E-state index contributed by atoms with van der Waals surface area (Å²) in [5, 5.41) is 3.22. The molecule has 4 heteroatoms. The summed E-state index contributed by atoms with van der Waals surface area (Å²) in [6.07, 6.45) is 6.75. The molecule has 2 aliphatic heterocycles. The van der Waals surface area contributed by atoms with Crippen LogP contribution in [-0.4, -0.2) is 62.5 Å². The maximum atomic E-state index is 6.03. The van der Waals surface area contributed by atoms with Crippen LogP contribution in [0.2, 0.25) is 0 Å². The predicted octanol–water partition coefficient (Wildman–Crippen LogP) is 1.01.